The standard InChI is InChI=1S/C22H25N3O3S/c1-16(22(19(14-23)15-24)17-8-4-3-5-9-17)7-6-10-18-13-20(28-2)11-12-21(18)29(25,26)27/h3-5,8-9,11-13,16,19,22H,6-7,10H2,1-2H3,(H2,25,26,27). The van der Waals surface area contributed by atoms with Crippen molar-refractivity contribution in [2.45, 2.75) is 37.0 Å². The Morgan fingerprint density at radius 1 is 1.10 bits per heavy atom. The largest absolute Gasteiger partial charge is 0.497 e. The minimum atomic E-state index is -3.83. The Bertz CT molecular complexity index is 994. The van der Waals surface area contributed by atoms with Crippen LogP contribution in [0.5, 0.6) is 5.75 Å². The molecule has 0 aliphatic carbocycles. The van der Waals surface area contributed by atoms with Crippen molar-refractivity contribution in [3.05, 3.63) is 59.7 Å². The smallest absolute Gasteiger partial charge is 0.238 e. The van der Waals surface area contributed by atoms with Crippen LogP contribution in [0.15, 0.2) is 53.4 Å². The molecule has 0 heterocycles. The molecule has 0 fully saturated rings. The third-order valence-corrected chi connectivity index (χ3v) is 6.13. The van der Waals surface area contributed by atoms with Gasteiger partial charge in [0.15, 0.2) is 0 Å². The molecule has 0 spiro atoms. The van der Waals surface area contributed by atoms with E-state index in [1.54, 1.807) is 12.1 Å². The van der Waals surface area contributed by atoms with Gasteiger partial charge >= 0.3 is 0 Å². The van der Waals surface area contributed by atoms with Gasteiger partial charge in [-0.1, -0.05) is 37.3 Å². The van der Waals surface area contributed by atoms with Gasteiger partial charge in [-0.05, 0) is 54.5 Å². The minimum absolute atomic E-state index is 0.0604. The number of nitrogens with zero attached hydrogens (tertiary/aromatic N) is 2. The van der Waals surface area contributed by atoms with Crippen LogP contribution in [-0.2, 0) is 16.4 Å². The number of primary sulfonamides is 1. The summed E-state index contributed by atoms with van der Waals surface area (Å²) in [5, 5.41) is 24.2. The normalized spacial score (nSPS) is 13.3. The summed E-state index contributed by atoms with van der Waals surface area (Å²) in [5.74, 6) is -0.333. The van der Waals surface area contributed by atoms with Gasteiger partial charge in [-0.25, -0.2) is 13.6 Å². The number of methoxy groups -OCH3 is 1. The molecule has 6 nitrogen and oxygen atoms in total. The van der Waals surface area contributed by atoms with Crippen LogP contribution in [0.3, 0.4) is 0 Å². The molecule has 2 N–H and O–H groups in total. The summed E-state index contributed by atoms with van der Waals surface area (Å²) in [6.45, 7) is 2.02. The average molecular weight is 412 g/mol. The first-order valence-corrected chi connectivity index (χ1v) is 10.9. The molecule has 0 bridgehead atoms. The Morgan fingerprint density at radius 2 is 1.76 bits per heavy atom. The highest BCUT2D eigenvalue weighted by Gasteiger charge is 2.28. The zero-order chi connectivity index (χ0) is 21.4. The fourth-order valence-corrected chi connectivity index (χ4v) is 4.45. The lowest BCUT2D eigenvalue weighted by Gasteiger charge is -2.25. The first kappa shape index (κ1) is 22.4. The van der Waals surface area contributed by atoms with E-state index in [1.165, 1.54) is 13.2 Å². The molecule has 0 aliphatic heterocycles. The van der Waals surface area contributed by atoms with Gasteiger partial charge in [0.1, 0.15) is 11.7 Å². The van der Waals surface area contributed by atoms with E-state index in [9.17, 15) is 18.9 Å². The van der Waals surface area contributed by atoms with Gasteiger partial charge in [0.2, 0.25) is 10.0 Å². The molecule has 0 aliphatic rings. The molecule has 7 heteroatoms. The van der Waals surface area contributed by atoms with Gasteiger partial charge < -0.3 is 4.74 Å². The summed E-state index contributed by atoms with van der Waals surface area (Å²) in [6.07, 6.45) is 1.91. The SMILES string of the molecule is COc1ccc(S(N)(=O)=O)c(CCCC(C)C(c2ccccc2)C(C#N)C#N)c1. The number of nitriles is 2. The minimum Gasteiger partial charge on any atom is -0.497 e. The summed E-state index contributed by atoms with van der Waals surface area (Å²) in [5.41, 5.74) is 1.56. The second kappa shape index (κ2) is 10.1. The van der Waals surface area contributed by atoms with Gasteiger partial charge in [0.25, 0.3) is 0 Å². The molecule has 0 saturated carbocycles. The Hall–Kier alpha value is -2.87. The second-order valence-corrected chi connectivity index (χ2v) is 8.59. The third-order valence-electron chi connectivity index (χ3n) is 5.11. The van der Waals surface area contributed by atoms with Crippen molar-refractivity contribution in [3.8, 4) is 17.9 Å². The molecule has 152 valence electrons. The summed E-state index contributed by atoms with van der Waals surface area (Å²) >= 11 is 0. The molecule has 2 aromatic carbocycles. The van der Waals surface area contributed by atoms with E-state index in [1.807, 2.05) is 37.3 Å². The van der Waals surface area contributed by atoms with Crippen molar-refractivity contribution in [2.24, 2.45) is 17.0 Å². The summed E-state index contributed by atoms with van der Waals surface area (Å²) in [6, 6.07) is 18.5. The molecular formula is C22H25N3O3S. The molecule has 0 radical (unpaired) electrons. The monoisotopic (exact) mass is 411 g/mol. The number of hydrogen-bond donors (Lipinski definition) is 1. The van der Waals surface area contributed by atoms with E-state index in [0.29, 0.717) is 24.2 Å². The Kier molecular flexibility index (Phi) is 7.78. The number of rotatable bonds is 9. The van der Waals surface area contributed by atoms with Gasteiger partial charge in [-0.3, -0.25) is 0 Å². The molecule has 0 amide bonds. The quantitative estimate of drug-likeness (QED) is 0.674. The Balaban J connectivity index is 2.18. The highest BCUT2D eigenvalue weighted by atomic mass is 32.2. The molecule has 2 aromatic rings. The maximum atomic E-state index is 11.9. The number of hydrogen-bond acceptors (Lipinski definition) is 5. The highest BCUT2D eigenvalue weighted by molar-refractivity contribution is 7.89. The van der Waals surface area contributed by atoms with Gasteiger partial charge in [-0.15, -0.1) is 0 Å². The maximum absolute atomic E-state index is 11.9. The van der Waals surface area contributed by atoms with Crippen LogP contribution in [0.4, 0.5) is 0 Å². The lowest BCUT2D eigenvalue weighted by Crippen LogP contribution is -2.18. The van der Waals surface area contributed by atoms with Gasteiger partial charge in [0.05, 0.1) is 24.1 Å². The number of benzene rings is 2. The van der Waals surface area contributed by atoms with Gasteiger partial charge in [-0.2, -0.15) is 10.5 Å². The fraction of sp³-hybridized carbons (Fsp3) is 0.364. The van der Waals surface area contributed by atoms with Crippen LogP contribution in [-0.4, -0.2) is 15.5 Å². The number of nitrogens with two attached hydrogens (primary N) is 1. The maximum Gasteiger partial charge on any atom is 0.238 e. The highest BCUT2D eigenvalue weighted by Crippen LogP contribution is 2.35. The molecule has 2 atom stereocenters. The topological polar surface area (TPSA) is 117 Å². The lowest BCUT2D eigenvalue weighted by atomic mass is 9.76. The predicted octanol–water partition coefficient (Wildman–Crippen LogP) is 3.75. The number of sulfonamides is 1. The van der Waals surface area contributed by atoms with Crippen molar-refractivity contribution in [3.63, 3.8) is 0 Å². The molecular weight excluding hydrogens is 386 g/mol. The molecule has 2 rings (SSSR count). The first-order valence-electron chi connectivity index (χ1n) is 9.35. The average Bonchev–Trinajstić information content (AvgIpc) is 2.71. The van der Waals surface area contributed by atoms with Crippen molar-refractivity contribution in [2.75, 3.05) is 7.11 Å². The van der Waals surface area contributed by atoms with Gasteiger partial charge in [0, 0.05) is 5.92 Å². The van der Waals surface area contributed by atoms with Crippen LogP contribution >= 0.6 is 0 Å². The lowest BCUT2D eigenvalue weighted by molar-refractivity contribution is 0.386. The van der Waals surface area contributed by atoms with Crippen molar-refractivity contribution < 1.29 is 13.2 Å². The zero-order valence-electron chi connectivity index (χ0n) is 16.6. The molecule has 0 saturated heterocycles. The Labute approximate surface area is 172 Å². The third kappa shape index (κ3) is 5.80. The van der Waals surface area contributed by atoms with Crippen LogP contribution in [0.1, 0.15) is 36.8 Å². The van der Waals surface area contributed by atoms with Crippen molar-refractivity contribution >= 4 is 10.0 Å². The van der Waals surface area contributed by atoms with E-state index >= 15 is 0 Å². The molecule has 0 aromatic heterocycles. The zero-order valence-corrected chi connectivity index (χ0v) is 17.4. The van der Waals surface area contributed by atoms with Crippen molar-refractivity contribution in [1.29, 1.82) is 10.5 Å². The summed E-state index contributed by atoms with van der Waals surface area (Å²) in [4.78, 5) is 0.0949. The van der Waals surface area contributed by atoms with E-state index in [-0.39, 0.29) is 16.7 Å². The number of ether oxygens (including phenoxy) is 1. The van der Waals surface area contributed by atoms with E-state index in [2.05, 4.69) is 12.1 Å². The summed E-state index contributed by atoms with van der Waals surface area (Å²) in [7, 11) is -2.31. The van der Waals surface area contributed by atoms with Crippen LogP contribution in [0.25, 0.3) is 0 Å². The van der Waals surface area contributed by atoms with Crippen molar-refractivity contribution in [1.82, 2.24) is 0 Å². The summed E-state index contributed by atoms with van der Waals surface area (Å²) < 4.78 is 28.9. The second-order valence-electron chi connectivity index (χ2n) is 7.06. The van der Waals surface area contributed by atoms with Crippen LogP contribution in [0.2, 0.25) is 0 Å². The predicted molar refractivity (Wildman–Crippen MR) is 110 cm³/mol. The molecule has 29 heavy (non-hydrogen) atoms. The van der Waals surface area contributed by atoms with E-state index < -0.39 is 15.9 Å². The van der Waals surface area contributed by atoms with Crippen LogP contribution in [0, 0.1) is 34.5 Å². The van der Waals surface area contributed by atoms with E-state index in [4.69, 9.17) is 9.88 Å². The Morgan fingerprint density at radius 3 is 2.31 bits per heavy atom. The molecule has 2 unspecified atom stereocenters. The van der Waals surface area contributed by atoms with E-state index in [0.717, 1.165) is 12.0 Å². The first-order chi connectivity index (χ1) is 13.8. The number of aryl methyl sites for hydroxylation is 1. The van der Waals surface area contributed by atoms with Crippen LogP contribution < -0.4 is 9.88 Å². The fourth-order valence-electron chi connectivity index (χ4n) is 3.66.